The van der Waals surface area contributed by atoms with Gasteiger partial charge in [-0.2, -0.15) is 0 Å². The number of benzene rings is 1. The smallest absolute Gasteiger partial charge is 0.233 e. The molecule has 4 aromatic rings. The predicted molar refractivity (Wildman–Crippen MR) is 128 cm³/mol. The number of halogens is 1. The molecule has 0 spiro atoms. The van der Waals surface area contributed by atoms with Crippen LogP contribution in [0.25, 0.3) is 22.0 Å². The molecule has 9 heteroatoms. The van der Waals surface area contributed by atoms with Crippen molar-refractivity contribution in [2.24, 2.45) is 0 Å². The average Bonchev–Trinajstić information content (AvgIpc) is 3.19. The van der Waals surface area contributed by atoms with E-state index >= 15 is 0 Å². The number of thiophene rings is 1. The summed E-state index contributed by atoms with van der Waals surface area (Å²) in [5.74, 6) is 2.71. The van der Waals surface area contributed by atoms with Crippen molar-refractivity contribution in [3.05, 3.63) is 64.7 Å². The molecule has 0 atom stereocenters. The Hall–Kier alpha value is -2.55. The molecule has 0 bridgehead atoms. The molecule has 0 saturated heterocycles. The van der Waals surface area contributed by atoms with Gasteiger partial charge in [-0.1, -0.05) is 29.4 Å². The van der Waals surface area contributed by atoms with Gasteiger partial charge in [-0.25, -0.2) is 0 Å². The first-order valence-electron chi connectivity index (χ1n) is 10.3. The van der Waals surface area contributed by atoms with Crippen molar-refractivity contribution in [1.29, 1.82) is 0 Å². The van der Waals surface area contributed by atoms with E-state index in [0.717, 1.165) is 45.8 Å². The Morgan fingerprint density at radius 1 is 1.22 bits per heavy atom. The normalized spacial score (nSPS) is 13.4. The molecule has 1 saturated carbocycles. The number of nitrogens with zero attached hydrogens (tertiary/aromatic N) is 4. The van der Waals surface area contributed by atoms with Crippen LogP contribution in [0.5, 0.6) is 0 Å². The molecule has 3 heterocycles. The lowest BCUT2D eigenvalue weighted by molar-refractivity contribution is -0.127. The molecule has 5 rings (SSSR count). The van der Waals surface area contributed by atoms with Gasteiger partial charge in [0.25, 0.3) is 0 Å². The number of thioether (sulfide) groups is 1. The molecular formula is C23H21ClN4O2S2. The van der Waals surface area contributed by atoms with E-state index in [-0.39, 0.29) is 5.91 Å². The highest BCUT2D eigenvalue weighted by molar-refractivity contribution is 7.99. The van der Waals surface area contributed by atoms with Crippen LogP contribution in [-0.2, 0) is 11.3 Å². The minimum Gasteiger partial charge on any atom is -0.459 e. The van der Waals surface area contributed by atoms with Crippen LogP contribution >= 0.6 is 34.7 Å². The number of hydrogen-bond donors (Lipinski definition) is 0. The van der Waals surface area contributed by atoms with Crippen LogP contribution in [0.1, 0.15) is 24.6 Å². The minimum atomic E-state index is 0.0162. The number of rotatable bonds is 8. The van der Waals surface area contributed by atoms with Crippen LogP contribution in [0.4, 0.5) is 0 Å². The third kappa shape index (κ3) is 4.62. The van der Waals surface area contributed by atoms with Crippen molar-refractivity contribution in [2.75, 3.05) is 12.8 Å². The van der Waals surface area contributed by atoms with Gasteiger partial charge in [-0.15, -0.1) is 21.5 Å². The van der Waals surface area contributed by atoms with E-state index in [1.807, 2.05) is 47.8 Å². The molecule has 1 aromatic carbocycles. The molecule has 0 N–H and O–H groups in total. The molecule has 1 aliphatic rings. The van der Waals surface area contributed by atoms with Crippen molar-refractivity contribution in [3.8, 4) is 22.0 Å². The van der Waals surface area contributed by atoms with E-state index in [1.165, 1.54) is 11.8 Å². The van der Waals surface area contributed by atoms with Gasteiger partial charge in [-0.05, 0) is 60.7 Å². The number of carbonyl (C=O) groups is 1. The fourth-order valence-corrected chi connectivity index (χ4v) is 5.18. The minimum absolute atomic E-state index is 0.0162. The first-order chi connectivity index (χ1) is 15.6. The Morgan fingerprint density at radius 2 is 2.03 bits per heavy atom. The van der Waals surface area contributed by atoms with Crippen molar-refractivity contribution in [1.82, 2.24) is 19.7 Å². The van der Waals surface area contributed by atoms with Gasteiger partial charge in [0.2, 0.25) is 5.91 Å². The fourth-order valence-electron chi connectivity index (χ4n) is 3.40. The van der Waals surface area contributed by atoms with Crippen LogP contribution in [0.15, 0.2) is 63.5 Å². The molecule has 1 amide bonds. The Bertz CT molecular complexity index is 1210. The Morgan fingerprint density at radius 3 is 2.75 bits per heavy atom. The summed E-state index contributed by atoms with van der Waals surface area (Å²) in [4.78, 5) is 15.5. The third-order valence-electron chi connectivity index (χ3n) is 5.25. The van der Waals surface area contributed by atoms with Crippen molar-refractivity contribution in [3.63, 3.8) is 0 Å². The van der Waals surface area contributed by atoms with E-state index in [9.17, 15) is 4.79 Å². The largest absolute Gasteiger partial charge is 0.459 e. The highest BCUT2D eigenvalue weighted by Gasteiger charge is 2.30. The fraction of sp³-hybridized carbons (Fsp3) is 0.261. The summed E-state index contributed by atoms with van der Waals surface area (Å²) in [6, 6.07) is 15.8. The number of carbonyl (C=O) groups excluding carboxylic acids is 1. The lowest BCUT2D eigenvalue weighted by atomic mass is 10.2. The van der Waals surface area contributed by atoms with E-state index in [1.54, 1.807) is 23.3 Å². The van der Waals surface area contributed by atoms with Crippen LogP contribution < -0.4 is 0 Å². The first kappa shape index (κ1) is 21.3. The lowest BCUT2D eigenvalue weighted by Gasteiger charge is -2.15. The summed E-state index contributed by atoms with van der Waals surface area (Å²) in [6.45, 7) is 0.405. The van der Waals surface area contributed by atoms with Gasteiger partial charge >= 0.3 is 0 Å². The number of furan rings is 1. The van der Waals surface area contributed by atoms with Gasteiger partial charge in [0.05, 0.1) is 17.2 Å². The quantitative estimate of drug-likeness (QED) is 0.287. The monoisotopic (exact) mass is 484 g/mol. The standard InChI is InChI=1S/C23H21ClN4O2S2/c1-27(13-18-10-11-19(30-18)15-4-6-16(24)7-5-15)21(29)14-32-23-26-25-22(20-3-2-12-31-20)28(23)17-8-9-17/h2-7,10-12,17H,8-9,13-14H2,1H3. The summed E-state index contributed by atoms with van der Waals surface area (Å²) >= 11 is 9.05. The molecule has 32 heavy (non-hydrogen) atoms. The van der Waals surface area contributed by atoms with Crippen molar-refractivity contribution >= 4 is 40.6 Å². The second-order valence-electron chi connectivity index (χ2n) is 7.70. The topological polar surface area (TPSA) is 64.2 Å². The van der Waals surface area contributed by atoms with E-state index in [0.29, 0.717) is 23.4 Å². The highest BCUT2D eigenvalue weighted by Crippen LogP contribution is 2.41. The molecule has 0 aliphatic heterocycles. The van der Waals surface area contributed by atoms with E-state index in [2.05, 4.69) is 20.8 Å². The molecule has 3 aromatic heterocycles. The van der Waals surface area contributed by atoms with Crippen LogP contribution in [0.3, 0.4) is 0 Å². The molecule has 0 unspecified atom stereocenters. The number of hydrogen-bond acceptors (Lipinski definition) is 6. The van der Waals surface area contributed by atoms with Gasteiger partial charge < -0.3 is 9.32 Å². The summed E-state index contributed by atoms with van der Waals surface area (Å²) in [5.41, 5.74) is 0.950. The molecular weight excluding hydrogens is 464 g/mol. The number of amides is 1. The van der Waals surface area contributed by atoms with Crippen LogP contribution in [-0.4, -0.2) is 38.4 Å². The van der Waals surface area contributed by atoms with Crippen LogP contribution in [0, 0.1) is 0 Å². The maximum Gasteiger partial charge on any atom is 0.233 e. The zero-order valence-corrected chi connectivity index (χ0v) is 19.8. The Balaban J connectivity index is 1.21. The average molecular weight is 485 g/mol. The second kappa shape index (κ2) is 9.13. The first-order valence-corrected chi connectivity index (χ1v) is 12.5. The van der Waals surface area contributed by atoms with E-state index < -0.39 is 0 Å². The third-order valence-corrected chi connectivity index (χ3v) is 7.30. The lowest BCUT2D eigenvalue weighted by Crippen LogP contribution is -2.27. The maximum atomic E-state index is 12.8. The summed E-state index contributed by atoms with van der Waals surface area (Å²) in [5, 5.41) is 12.3. The zero-order valence-electron chi connectivity index (χ0n) is 17.4. The van der Waals surface area contributed by atoms with Crippen molar-refractivity contribution in [2.45, 2.75) is 30.6 Å². The van der Waals surface area contributed by atoms with Gasteiger partial charge in [0.15, 0.2) is 11.0 Å². The van der Waals surface area contributed by atoms with Crippen LogP contribution in [0.2, 0.25) is 5.02 Å². The van der Waals surface area contributed by atoms with Gasteiger partial charge in [0.1, 0.15) is 11.5 Å². The molecule has 1 fully saturated rings. The number of aromatic nitrogens is 3. The summed E-state index contributed by atoms with van der Waals surface area (Å²) < 4.78 is 8.12. The molecule has 6 nitrogen and oxygen atoms in total. The highest BCUT2D eigenvalue weighted by atomic mass is 35.5. The van der Waals surface area contributed by atoms with Gasteiger partial charge in [-0.3, -0.25) is 9.36 Å². The Labute approximate surface area is 199 Å². The summed E-state index contributed by atoms with van der Waals surface area (Å²) in [7, 11) is 1.79. The molecule has 164 valence electrons. The zero-order chi connectivity index (χ0) is 22.1. The molecule has 0 radical (unpaired) electrons. The van der Waals surface area contributed by atoms with Crippen molar-refractivity contribution < 1.29 is 9.21 Å². The predicted octanol–water partition coefficient (Wildman–Crippen LogP) is 6.01. The molecule has 1 aliphatic carbocycles. The maximum absolute atomic E-state index is 12.8. The van der Waals surface area contributed by atoms with E-state index in [4.69, 9.17) is 16.0 Å². The second-order valence-corrected chi connectivity index (χ2v) is 10.0. The Kier molecular flexibility index (Phi) is 6.08. The SMILES string of the molecule is CN(Cc1ccc(-c2ccc(Cl)cc2)o1)C(=O)CSc1nnc(-c2cccs2)n1C1CC1. The summed E-state index contributed by atoms with van der Waals surface area (Å²) in [6.07, 6.45) is 2.26. The van der Waals surface area contributed by atoms with Gasteiger partial charge in [0, 0.05) is 23.7 Å².